The zero-order valence-electron chi connectivity index (χ0n) is 16.9. The standard InChI is InChI=1S/C18H24N4O2.C2HF3O2/c23-16(14-4-1-2-5-14)22-10-7-18(13-22)12-15(6-11-24-18)21-17-19-8-3-9-20-17;3-2(4,5)1(6)7/h3-4,8-9,15H,1-2,5-7,10-13H2,(H,19,20,21);(H,6,7)/t15-,18+;/m0./s1. The predicted octanol–water partition coefficient (Wildman–Crippen LogP) is 2.78. The fourth-order valence-electron chi connectivity index (χ4n) is 4.08. The lowest BCUT2D eigenvalue weighted by molar-refractivity contribution is -0.192. The highest BCUT2D eigenvalue weighted by molar-refractivity contribution is 5.94. The van der Waals surface area contributed by atoms with E-state index in [0.29, 0.717) is 18.5 Å². The van der Waals surface area contributed by atoms with Gasteiger partial charge in [0.2, 0.25) is 11.9 Å². The molecule has 0 bridgehead atoms. The van der Waals surface area contributed by atoms with Crippen molar-refractivity contribution in [3.63, 3.8) is 0 Å². The van der Waals surface area contributed by atoms with Gasteiger partial charge in [0, 0.05) is 37.2 Å². The second-order valence-electron chi connectivity index (χ2n) is 7.84. The number of carboxylic acids is 1. The molecule has 1 amide bonds. The second kappa shape index (κ2) is 9.63. The molecule has 2 N–H and O–H groups in total. The molecule has 11 heteroatoms. The van der Waals surface area contributed by atoms with E-state index in [1.54, 1.807) is 12.4 Å². The Morgan fingerprint density at radius 1 is 1.29 bits per heavy atom. The molecular weight excluding hydrogens is 417 g/mol. The van der Waals surface area contributed by atoms with E-state index in [2.05, 4.69) is 21.4 Å². The van der Waals surface area contributed by atoms with Crippen molar-refractivity contribution in [1.82, 2.24) is 14.9 Å². The molecule has 2 aliphatic heterocycles. The topological polar surface area (TPSA) is 105 Å². The lowest BCUT2D eigenvalue weighted by atomic mass is 9.89. The number of hydrogen-bond donors (Lipinski definition) is 2. The zero-order chi connectivity index (χ0) is 22.5. The van der Waals surface area contributed by atoms with E-state index in [9.17, 15) is 18.0 Å². The maximum atomic E-state index is 12.6. The first-order valence-corrected chi connectivity index (χ1v) is 10.1. The maximum absolute atomic E-state index is 12.6. The number of alkyl halides is 3. The number of amides is 1. The molecule has 0 radical (unpaired) electrons. The zero-order valence-corrected chi connectivity index (χ0v) is 16.9. The smallest absolute Gasteiger partial charge is 0.475 e. The van der Waals surface area contributed by atoms with E-state index < -0.39 is 12.1 Å². The van der Waals surface area contributed by atoms with Gasteiger partial charge in [0.05, 0.1) is 12.1 Å². The molecule has 31 heavy (non-hydrogen) atoms. The number of aliphatic carboxylic acids is 1. The van der Waals surface area contributed by atoms with Crippen LogP contribution in [0.3, 0.4) is 0 Å². The van der Waals surface area contributed by atoms with Crippen molar-refractivity contribution >= 4 is 17.8 Å². The number of nitrogens with one attached hydrogen (secondary N) is 1. The minimum Gasteiger partial charge on any atom is -0.475 e. The highest BCUT2D eigenvalue weighted by atomic mass is 19.4. The number of halogens is 3. The van der Waals surface area contributed by atoms with E-state index in [0.717, 1.165) is 57.2 Å². The van der Waals surface area contributed by atoms with Gasteiger partial charge in [0.25, 0.3) is 0 Å². The van der Waals surface area contributed by atoms with Gasteiger partial charge in [-0.15, -0.1) is 0 Å². The number of aromatic nitrogens is 2. The summed E-state index contributed by atoms with van der Waals surface area (Å²) in [6, 6.07) is 2.11. The molecule has 1 aromatic heterocycles. The highest BCUT2D eigenvalue weighted by Crippen LogP contribution is 2.36. The first kappa shape index (κ1) is 23.0. The molecule has 2 fully saturated rings. The van der Waals surface area contributed by atoms with Gasteiger partial charge in [-0.25, -0.2) is 14.8 Å². The van der Waals surface area contributed by atoms with Crippen LogP contribution in [0.5, 0.6) is 0 Å². The molecule has 0 unspecified atom stereocenters. The van der Waals surface area contributed by atoms with Gasteiger partial charge in [0.1, 0.15) is 0 Å². The summed E-state index contributed by atoms with van der Waals surface area (Å²) in [5, 5.41) is 10.5. The Morgan fingerprint density at radius 2 is 2.00 bits per heavy atom. The number of allylic oxidation sites excluding steroid dienone is 1. The monoisotopic (exact) mass is 442 g/mol. The van der Waals surface area contributed by atoms with Crippen LogP contribution < -0.4 is 5.32 Å². The predicted molar refractivity (Wildman–Crippen MR) is 104 cm³/mol. The summed E-state index contributed by atoms with van der Waals surface area (Å²) in [5.74, 6) is -1.87. The Kier molecular flexibility index (Phi) is 7.14. The summed E-state index contributed by atoms with van der Waals surface area (Å²) < 4.78 is 37.9. The molecule has 170 valence electrons. The van der Waals surface area contributed by atoms with Gasteiger partial charge in [-0.05, 0) is 44.6 Å². The van der Waals surface area contributed by atoms with Crippen molar-refractivity contribution in [3.05, 3.63) is 30.1 Å². The van der Waals surface area contributed by atoms with Gasteiger partial charge in [0.15, 0.2) is 0 Å². The van der Waals surface area contributed by atoms with Crippen LogP contribution in [0.1, 0.15) is 38.5 Å². The van der Waals surface area contributed by atoms with Crippen molar-refractivity contribution < 1.29 is 32.6 Å². The summed E-state index contributed by atoms with van der Waals surface area (Å²) in [6.45, 7) is 2.22. The van der Waals surface area contributed by atoms with Crippen molar-refractivity contribution in [2.45, 2.75) is 56.3 Å². The highest BCUT2D eigenvalue weighted by Gasteiger charge is 2.45. The van der Waals surface area contributed by atoms with Crippen LogP contribution in [-0.2, 0) is 14.3 Å². The fourth-order valence-corrected chi connectivity index (χ4v) is 4.08. The van der Waals surface area contributed by atoms with Crippen molar-refractivity contribution in [2.24, 2.45) is 0 Å². The minimum absolute atomic E-state index is 0.209. The third kappa shape index (κ3) is 6.16. The lowest BCUT2D eigenvalue weighted by Gasteiger charge is -2.38. The second-order valence-corrected chi connectivity index (χ2v) is 7.84. The Morgan fingerprint density at radius 3 is 2.61 bits per heavy atom. The van der Waals surface area contributed by atoms with Crippen LogP contribution in [0.2, 0.25) is 0 Å². The van der Waals surface area contributed by atoms with Crippen LogP contribution >= 0.6 is 0 Å². The van der Waals surface area contributed by atoms with Crippen molar-refractivity contribution in [2.75, 3.05) is 25.0 Å². The quantitative estimate of drug-likeness (QED) is 0.742. The molecule has 1 aromatic rings. The van der Waals surface area contributed by atoms with Gasteiger partial charge in [-0.3, -0.25) is 4.79 Å². The maximum Gasteiger partial charge on any atom is 0.490 e. The Labute approximate surface area is 177 Å². The average molecular weight is 442 g/mol. The van der Waals surface area contributed by atoms with Crippen LogP contribution in [0.4, 0.5) is 19.1 Å². The molecule has 8 nitrogen and oxygen atoms in total. The number of carboxylic acid groups (broad SMARTS) is 1. The third-order valence-electron chi connectivity index (χ3n) is 5.55. The van der Waals surface area contributed by atoms with E-state index in [4.69, 9.17) is 14.6 Å². The molecule has 1 spiro atoms. The molecule has 3 heterocycles. The summed E-state index contributed by atoms with van der Waals surface area (Å²) in [4.78, 5) is 32.0. The number of likely N-dealkylation sites (tertiary alicyclic amines) is 1. The summed E-state index contributed by atoms with van der Waals surface area (Å²) in [5.41, 5.74) is 0.787. The van der Waals surface area contributed by atoms with E-state index in [1.807, 2.05) is 11.0 Å². The molecule has 2 atom stereocenters. The number of carbonyl (C=O) groups is 2. The SMILES string of the molecule is O=C(C1=CCCC1)N1CC[C@@]2(C[C@@H](Nc3ncccn3)CCO2)C1.O=C(O)C(F)(F)F. The summed E-state index contributed by atoms with van der Waals surface area (Å²) >= 11 is 0. The Bertz CT molecular complexity index is 818. The first-order chi connectivity index (χ1) is 14.7. The first-order valence-electron chi connectivity index (χ1n) is 10.1. The van der Waals surface area contributed by atoms with Gasteiger partial charge >= 0.3 is 12.1 Å². The molecular formula is C20H25F3N4O4. The molecule has 0 aromatic carbocycles. The van der Waals surface area contributed by atoms with E-state index in [-0.39, 0.29) is 11.5 Å². The third-order valence-corrected chi connectivity index (χ3v) is 5.55. The van der Waals surface area contributed by atoms with Crippen LogP contribution in [-0.4, -0.2) is 69.4 Å². The van der Waals surface area contributed by atoms with Gasteiger partial charge < -0.3 is 20.1 Å². The fraction of sp³-hybridized carbons (Fsp3) is 0.600. The molecule has 1 aliphatic carbocycles. The van der Waals surface area contributed by atoms with Crippen molar-refractivity contribution in [3.8, 4) is 0 Å². The molecule has 4 rings (SSSR count). The number of rotatable bonds is 3. The number of anilines is 1. The number of hydrogen-bond acceptors (Lipinski definition) is 6. The number of ether oxygens (including phenoxy) is 1. The molecule has 0 saturated carbocycles. The molecule has 2 saturated heterocycles. The largest absolute Gasteiger partial charge is 0.490 e. The normalized spacial score (nSPS) is 25.6. The Hall–Kier alpha value is -2.69. The minimum atomic E-state index is -5.08. The van der Waals surface area contributed by atoms with Crippen LogP contribution in [0, 0.1) is 0 Å². The van der Waals surface area contributed by atoms with Gasteiger partial charge in [-0.2, -0.15) is 13.2 Å². The average Bonchev–Trinajstić information content (AvgIpc) is 3.39. The molecule has 3 aliphatic rings. The number of nitrogens with zero attached hydrogens (tertiary/aromatic N) is 3. The van der Waals surface area contributed by atoms with Gasteiger partial charge in [-0.1, -0.05) is 6.08 Å². The van der Waals surface area contributed by atoms with Crippen molar-refractivity contribution in [1.29, 1.82) is 0 Å². The van der Waals surface area contributed by atoms with Crippen LogP contribution in [0.25, 0.3) is 0 Å². The summed E-state index contributed by atoms with van der Waals surface area (Å²) in [6.07, 6.45) is 6.35. The number of carbonyl (C=O) groups excluding carboxylic acids is 1. The summed E-state index contributed by atoms with van der Waals surface area (Å²) in [7, 11) is 0. The van der Waals surface area contributed by atoms with Crippen LogP contribution in [0.15, 0.2) is 30.1 Å². The Balaban J connectivity index is 0.000000339. The van der Waals surface area contributed by atoms with E-state index >= 15 is 0 Å². The lowest BCUT2D eigenvalue weighted by Crippen LogP contribution is -2.47. The van der Waals surface area contributed by atoms with E-state index in [1.165, 1.54) is 0 Å².